The molecule has 5 atom stereocenters. The number of nitrogens with zero attached hydrogens (tertiary/aromatic N) is 2. The van der Waals surface area contributed by atoms with Gasteiger partial charge in [0.15, 0.2) is 22.7 Å². The van der Waals surface area contributed by atoms with Crippen LogP contribution in [0.5, 0.6) is 0 Å². The summed E-state index contributed by atoms with van der Waals surface area (Å²) in [5.41, 5.74) is 4.24. The number of hydrogen-bond donors (Lipinski definition) is 3. The van der Waals surface area contributed by atoms with Crippen LogP contribution >= 0.6 is 11.6 Å². The van der Waals surface area contributed by atoms with Crippen LogP contribution in [0.2, 0.25) is 0 Å². The van der Waals surface area contributed by atoms with Crippen molar-refractivity contribution in [3.8, 4) is 12.3 Å². The van der Waals surface area contributed by atoms with Crippen LogP contribution < -0.4 is 11.4 Å². The molecule has 2 heterocycles. The molecule has 1 aliphatic rings. The first-order valence-corrected chi connectivity index (χ1v) is 6.32. The van der Waals surface area contributed by atoms with E-state index in [0.717, 1.165) is 6.20 Å². The minimum atomic E-state index is -1.87. The molecule has 1 aromatic rings. The molecule has 0 radical (unpaired) electrons. The Morgan fingerprint density at radius 3 is 2.90 bits per heavy atom. The maximum atomic E-state index is 13.5. The van der Waals surface area contributed by atoms with Crippen LogP contribution in [0.1, 0.15) is 13.2 Å². The van der Waals surface area contributed by atoms with E-state index in [4.69, 9.17) is 28.5 Å². The van der Waals surface area contributed by atoms with Crippen LogP contribution in [-0.4, -0.2) is 43.0 Å². The van der Waals surface area contributed by atoms with E-state index in [-0.39, 0.29) is 0 Å². The van der Waals surface area contributed by atoms with Gasteiger partial charge in [0.05, 0.1) is 12.3 Å². The van der Waals surface area contributed by atoms with Gasteiger partial charge in [-0.05, 0) is 6.92 Å². The minimum Gasteiger partial charge on any atom is -0.391 e. The Hall–Kier alpha value is -1.66. The van der Waals surface area contributed by atoms with Crippen LogP contribution in [0, 0.1) is 18.2 Å². The number of nitrogens with two attached hydrogens (primary N) is 1. The van der Waals surface area contributed by atoms with Crippen molar-refractivity contribution in [3.05, 3.63) is 22.5 Å². The number of halogens is 2. The van der Waals surface area contributed by atoms with Gasteiger partial charge in [0.2, 0.25) is 0 Å². The summed E-state index contributed by atoms with van der Waals surface area (Å²) in [6.45, 7) is 1.36. The highest BCUT2D eigenvalue weighted by molar-refractivity contribution is 6.27. The van der Waals surface area contributed by atoms with Crippen molar-refractivity contribution in [2.24, 2.45) is 0 Å². The Kier molecular flexibility index (Phi) is 3.95. The summed E-state index contributed by atoms with van der Waals surface area (Å²) in [7, 11) is 0. The van der Waals surface area contributed by atoms with Crippen molar-refractivity contribution < 1.29 is 19.3 Å². The number of nitrogen functional groups attached to an aromatic ring is 1. The zero-order valence-electron chi connectivity index (χ0n) is 10.9. The highest BCUT2D eigenvalue weighted by Gasteiger charge is 2.57. The largest absolute Gasteiger partial charge is 0.391 e. The molecule has 9 heteroatoms. The van der Waals surface area contributed by atoms with E-state index in [1.54, 1.807) is 0 Å². The van der Waals surface area contributed by atoms with Gasteiger partial charge in [0, 0.05) is 0 Å². The lowest BCUT2D eigenvalue weighted by atomic mass is 9.97. The number of ether oxygens (including phenoxy) is 1. The standard InChI is InChI=1S/C12H13ClFN3O4/c1-3-12(13)8(19)7(5(2)18)21-10(12)17-4-6(14)9(15)16-11(17)20/h1,4-5,7-8,10,18-19H,2H3,(H2,15,16,20)/t5-,7-,8?,10-,12-/m1/s1. The SMILES string of the molecule is C#C[C@@]1(Cl)C(O)[C@@H]([C@@H](C)O)O[C@H]1n1cc(F)c(N)nc1=O. The third kappa shape index (κ3) is 2.38. The highest BCUT2D eigenvalue weighted by Crippen LogP contribution is 2.43. The summed E-state index contributed by atoms with van der Waals surface area (Å²) in [5.74, 6) is 0.574. The summed E-state index contributed by atoms with van der Waals surface area (Å²) in [5, 5.41) is 19.7. The second kappa shape index (κ2) is 5.27. The molecule has 21 heavy (non-hydrogen) atoms. The van der Waals surface area contributed by atoms with Gasteiger partial charge in [0.25, 0.3) is 0 Å². The molecule has 1 aliphatic heterocycles. The van der Waals surface area contributed by atoms with E-state index in [1.807, 2.05) is 0 Å². The Bertz CT molecular complexity index is 659. The molecular weight excluding hydrogens is 305 g/mol. The Labute approximate surface area is 124 Å². The van der Waals surface area contributed by atoms with Crippen LogP contribution in [0.3, 0.4) is 0 Å². The summed E-state index contributed by atoms with van der Waals surface area (Å²) in [4.78, 5) is 13.2. The predicted octanol–water partition coefficient (Wildman–Crippen LogP) is -0.786. The number of anilines is 1. The third-order valence-electron chi connectivity index (χ3n) is 3.27. The van der Waals surface area contributed by atoms with Gasteiger partial charge in [-0.3, -0.25) is 4.57 Å². The molecule has 0 saturated carbocycles. The molecule has 0 aromatic carbocycles. The second-order valence-electron chi connectivity index (χ2n) is 4.71. The average molecular weight is 318 g/mol. The Morgan fingerprint density at radius 2 is 2.38 bits per heavy atom. The van der Waals surface area contributed by atoms with Gasteiger partial charge < -0.3 is 20.7 Å². The highest BCUT2D eigenvalue weighted by atomic mass is 35.5. The van der Waals surface area contributed by atoms with Gasteiger partial charge in [-0.1, -0.05) is 17.5 Å². The summed E-state index contributed by atoms with van der Waals surface area (Å²) < 4.78 is 19.6. The van der Waals surface area contributed by atoms with Gasteiger partial charge in [-0.15, -0.1) is 6.42 Å². The lowest BCUT2D eigenvalue weighted by Crippen LogP contribution is -2.44. The van der Waals surface area contributed by atoms with Crippen molar-refractivity contribution in [2.75, 3.05) is 5.73 Å². The molecule has 1 aromatic heterocycles. The summed E-state index contributed by atoms with van der Waals surface area (Å²) >= 11 is 6.15. The van der Waals surface area contributed by atoms with Crippen molar-refractivity contribution in [1.82, 2.24) is 9.55 Å². The number of aliphatic hydroxyl groups excluding tert-OH is 2. The third-order valence-corrected chi connectivity index (χ3v) is 3.79. The van der Waals surface area contributed by atoms with Crippen LogP contribution in [0.15, 0.2) is 11.0 Å². The van der Waals surface area contributed by atoms with Gasteiger partial charge in [0.1, 0.15) is 12.2 Å². The van der Waals surface area contributed by atoms with Crippen molar-refractivity contribution in [3.63, 3.8) is 0 Å². The molecule has 0 aliphatic carbocycles. The lowest BCUT2D eigenvalue weighted by molar-refractivity contribution is -0.0774. The Morgan fingerprint density at radius 1 is 1.76 bits per heavy atom. The predicted molar refractivity (Wildman–Crippen MR) is 71.9 cm³/mol. The summed E-state index contributed by atoms with van der Waals surface area (Å²) in [6, 6.07) is 0. The van der Waals surface area contributed by atoms with Crippen molar-refractivity contribution in [1.29, 1.82) is 0 Å². The van der Waals surface area contributed by atoms with Crippen LogP contribution in [0.4, 0.5) is 10.2 Å². The maximum absolute atomic E-state index is 13.5. The quantitative estimate of drug-likeness (QED) is 0.487. The normalized spacial score (nSPS) is 33.6. The van der Waals surface area contributed by atoms with E-state index in [1.165, 1.54) is 6.92 Å². The number of alkyl halides is 1. The monoisotopic (exact) mass is 317 g/mol. The molecule has 1 unspecified atom stereocenters. The molecule has 0 amide bonds. The van der Waals surface area contributed by atoms with E-state index in [9.17, 15) is 19.4 Å². The zero-order chi connectivity index (χ0) is 15.9. The first-order chi connectivity index (χ1) is 9.72. The van der Waals surface area contributed by atoms with Gasteiger partial charge in [-0.25, -0.2) is 9.18 Å². The lowest BCUT2D eigenvalue weighted by Gasteiger charge is -2.25. The first-order valence-electron chi connectivity index (χ1n) is 5.94. The zero-order valence-corrected chi connectivity index (χ0v) is 11.7. The molecule has 1 saturated heterocycles. The first kappa shape index (κ1) is 15.7. The fourth-order valence-electron chi connectivity index (χ4n) is 2.14. The molecular formula is C12H13ClFN3O4. The van der Waals surface area contributed by atoms with Crippen LogP contribution in [-0.2, 0) is 4.74 Å². The number of hydrogen-bond acceptors (Lipinski definition) is 6. The fourth-order valence-corrected chi connectivity index (χ4v) is 2.42. The topological polar surface area (TPSA) is 111 Å². The average Bonchev–Trinajstić information content (AvgIpc) is 2.68. The number of terminal acetylenes is 1. The number of aliphatic hydroxyl groups is 2. The maximum Gasteiger partial charge on any atom is 0.351 e. The molecule has 2 rings (SSSR count). The van der Waals surface area contributed by atoms with Crippen molar-refractivity contribution >= 4 is 17.4 Å². The van der Waals surface area contributed by atoms with Crippen molar-refractivity contribution in [2.45, 2.75) is 36.3 Å². The summed E-state index contributed by atoms with van der Waals surface area (Å²) in [6.07, 6.45) is 0.912. The smallest absolute Gasteiger partial charge is 0.351 e. The molecule has 4 N–H and O–H groups in total. The molecule has 1 fully saturated rings. The molecule has 7 nitrogen and oxygen atoms in total. The van der Waals surface area contributed by atoms with E-state index in [0.29, 0.717) is 4.57 Å². The van der Waals surface area contributed by atoms with E-state index in [2.05, 4.69) is 10.9 Å². The molecule has 114 valence electrons. The second-order valence-corrected chi connectivity index (χ2v) is 5.34. The Balaban J connectivity index is 2.56. The number of aromatic nitrogens is 2. The van der Waals surface area contributed by atoms with Gasteiger partial charge in [-0.2, -0.15) is 4.98 Å². The van der Waals surface area contributed by atoms with E-state index < -0.39 is 46.7 Å². The van der Waals surface area contributed by atoms with E-state index >= 15 is 0 Å². The molecule has 0 bridgehead atoms. The minimum absolute atomic E-state index is 0.581. The van der Waals surface area contributed by atoms with Crippen LogP contribution in [0.25, 0.3) is 0 Å². The van der Waals surface area contributed by atoms with Gasteiger partial charge >= 0.3 is 5.69 Å². The number of rotatable bonds is 2. The fraction of sp³-hybridized carbons (Fsp3) is 0.500. The molecule has 0 spiro atoms.